The molecule has 3 rings (SSSR count). The van der Waals surface area contributed by atoms with Gasteiger partial charge in [0, 0.05) is 32.2 Å². The van der Waals surface area contributed by atoms with Gasteiger partial charge in [-0.25, -0.2) is 13.2 Å². The van der Waals surface area contributed by atoms with Gasteiger partial charge in [0.1, 0.15) is 17.5 Å². The number of carbonyl (C=O) groups excluding carboxylic acids is 2. The Kier molecular flexibility index (Phi) is 7.10. The van der Waals surface area contributed by atoms with Gasteiger partial charge in [-0.1, -0.05) is 12.1 Å². The average Bonchev–Trinajstić information content (AvgIpc) is 2.73. The van der Waals surface area contributed by atoms with Crippen LogP contribution in [0.15, 0.2) is 42.5 Å². The second-order valence-electron chi connectivity index (χ2n) is 7.18. The van der Waals surface area contributed by atoms with Crippen molar-refractivity contribution < 1.29 is 27.5 Å². The smallest absolute Gasteiger partial charge is 0.225 e. The number of methoxy groups -OCH3 is 1. The molecule has 8 heteroatoms. The highest BCUT2D eigenvalue weighted by Gasteiger charge is 2.40. The molecular weight excluding hydrogens is 397 g/mol. The molecule has 1 fully saturated rings. The van der Waals surface area contributed by atoms with Gasteiger partial charge in [-0.15, -0.1) is 0 Å². The van der Waals surface area contributed by atoms with Crippen LogP contribution in [0.1, 0.15) is 30.0 Å². The lowest BCUT2D eigenvalue weighted by molar-refractivity contribution is -0.144. The van der Waals surface area contributed by atoms with Gasteiger partial charge < -0.3 is 15.0 Å². The number of nitrogens with zero attached hydrogens (tertiary/aromatic N) is 1. The minimum atomic E-state index is -0.623. The molecule has 0 radical (unpaired) electrons. The topological polar surface area (TPSA) is 58.6 Å². The van der Waals surface area contributed by atoms with E-state index in [9.17, 15) is 22.8 Å². The van der Waals surface area contributed by atoms with Crippen LogP contribution < -0.4 is 5.32 Å². The summed E-state index contributed by atoms with van der Waals surface area (Å²) in [6, 6.07) is 8.08. The largest absolute Gasteiger partial charge is 0.383 e. The number of halogens is 3. The fourth-order valence-electron chi connectivity index (χ4n) is 3.75. The van der Waals surface area contributed by atoms with Gasteiger partial charge in [-0.05, 0) is 42.3 Å². The molecule has 160 valence electrons. The number of benzene rings is 2. The van der Waals surface area contributed by atoms with Crippen molar-refractivity contribution in [3.05, 3.63) is 71.0 Å². The maximum Gasteiger partial charge on any atom is 0.225 e. The third-order valence-electron chi connectivity index (χ3n) is 5.25. The third-order valence-corrected chi connectivity index (χ3v) is 5.25. The summed E-state index contributed by atoms with van der Waals surface area (Å²) in [7, 11) is 1.51. The number of amides is 2. The summed E-state index contributed by atoms with van der Waals surface area (Å²) in [6.45, 7) is 0.382. The van der Waals surface area contributed by atoms with Crippen LogP contribution in [0.2, 0.25) is 0 Å². The van der Waals surface area contributed by atoms with Crippen LogP contribution >= 0.6 is 0 Å². The van der Waals surface area contributed by atoms with Crippen LogP contribution in [0.25, 0.3) is 0 Å². The van der Waals surface area contributed by atoms with E-state index in [0.29, 0.717) is 12.0 Å². The van der Waals surface area contributed by atoms with Crippen molar-refractivity contribution in [2.45, 2.75) is 25.4 Å². The van der Waals surface area contributed by atoms with Crippen LogP contribution in [0.5, 0.6) is 0 Å². The predicted octanol–water partition coefficient (Wildman–Crippen LogP) is 3.35. The number of rotatable bonds is 7. The van der Waals surface area contributed by atoms with E-state index in [2.05, 4.69) is 5.32 Å². The highest BCUT2D eigenvalue weighted by Crippen LogP contribution is 2.37. The fourth-order valence-corrected chi connectivity index (χ4v) is 3.75. The molecule has 2 aromatic carbocycles. The van der Waals surface area contributed by atoms with E-state index in [1.807, 2.05) is 0 Å². The number of hydrogen-bond donors (Lipinski definition) is 1. The van der Waals surface area contributed by atoms with Gasteiger partial charge in [-0.2, -0.15) is 0 Å². The molecule has 1 aliphatic rings. The van der Waals surface area contributed by atoms with Gasteiger partial charge in [0.25, 0.3) is 0 Å². The molecule has 2 atom stereocenters. The van der Waals surface area contributed by atoms with E-state index >= 15 is 0 Å². The van der Waals surface area contributed by atoms with Gasteiger partial charge in [-0.3, -0.25) is 9.59 Å². The van der Waals surface area contributed by atoms with Crippen molar-refractivity contribution in [3.63, 3.8) is 0 Å². The van der Waals surface area contributed by atoms with E-state index < -0.39 is 29.4 Å². The molecule has 1 aliphatic heterocycles. The first-order valence-electron chi connectivity index (χ1n) is 9.66. The fraction of sp³-hybridized carbons (Fsp3) is 0.364. The van der Waals surface area contributed by atoms with Crippen LogP contribution in [-0.4, -0.2) is 37.0 Å². The Balaban J connectivity index is 1.83. The van der Waals surface area contributed by atoms with Crippen molar-refractivity contribution in [3.8, 4) is 0 Å². The first-order chi connectivity index (χ1) is 14.4. The Hall–Kier alpha value is -2.87. The zero-order chi connectivity index (χ0) is 21.7. The lowest BCUT2D eigenvalue weighted by atomic mass is 9.83. The molecule has 0 aliphatic carbocycles. The number of nitrogens with one attached hydrogen (secondary N) is 1. The quantitative estimate of drug-likeness (QED) is 0.748. The first-order valence-corrected chi connectivity index (χ1v) is 9.66. The van der Waals surface area contributed by atoms with E-state index in [4.69, 9.17) is 4.74 Å². The predicted molar refractivity (Wildman–Crippen MR) is 104 cm³/mol. The van der Waals surface area contributed by atoms with Crippen LogP contribution in [0.3, 0.4) is 0 Å². The van der Waals surface area contributed by atoms with Crippen molar-refractivity contribution >= 4 is 11.8 Å². The number of carbonyl (C=O) groups is 2. The SMILES string of the molecule is COCCN1C(=O)CCC(C(=O)NCc2cc(F)ccc2F)C1c1ccc(F)cc1. The zero-order valence-electron chi connectivity index (χ0n) is 16.5. The summed E-state index contributed by atoms with van der Waals surface area (Å²) in [6.07, 6.45) is 0.468. The van der Waals surface area contributed by atoms with E-state index in [1.54, 1.807) is 17.0 Å². The molecule has 1 saturated heterocycles. The van der Waals surface area contributed by atoms with Crippen molar-refractivity contribution in [2.75, 3.05) is 20.3 Å². The molecule has 30 heavy (non-hydrogen) atoms. The summed E-state index contributed by atoms with van der Waals surface area (Å²) in [5, 5.41) is 2.65. The normalized spacial score (nSPS) is 19.1. The second kappa shape index (κ2) is 9.75. The Bertz CT molecular complexity index is 905. The van der Waals surface area contributed by atoms with Crippen LogP contribution in [0, 0.1) is 23.4 Å². The van der Waals surface area contributed by atoms with Crippen LogP contribution in [-0.2, 0) is 20.9 Å². The zero-order valence-corrected chi connectivity index (χ0v) is 16.5. The molecule has 2 aromatic rings. The van der Waals surface area contributed by atoms with Crippen molar-refractivity contribution in [1.29, 1.82) is 0 Å². The summed E-state index contributed by atoms with van der Waals surface area (Å²) >= 11 is 0. The van der Waals surface area contributed by atoms with E-state index in [1.165, 1.54) is 19.2 Å². The molecule has 5 nitrogen and oxygen atoms in total. The lowest BCUT2D eigenvalue weighted by Crippen LogP contribution is -2.49. The molecule has 2 amide bonds. The minimum absolute atomic E-state index is 0.0322. The monoisotopic (exact) mass is 420 g/mol. The number of piperidine rings is 1. The number of ether oxygens (including phenoxy) is 1. The van der Waals surface area contributed by atoms with Crippen molar-refractivity contribution in [1.82, 2.24) is 10.2 Å². The molecule has 0 saturated carbocycles. The molecule has 0 aromatic heterocycles. The highest BCUT2D eigenvalue weighted by molar-refractivity contribution is 5.85. The van der Waals surface area contributed by atoms with Crippen LogP contribution in [0.4, 0.5) is 13.2 Å². The Morgan fingerprint density at radius 1 is 1.13 bits per heavy atom. The standard InChI is InChI=1S/C22H23F3N2O3/c1-30-11-10-27-20(28)9-7-18(21(27)14-2-4-16(23)5-3-14)22(29)26-13-15-12-17(24)6-8-19(15)25/h2-6,8,12,18,21H,7,9-11,13H2,1H3,(H,26,29). The summed E-state index contributed by atoms with van der Waals surface area (Å²) in [4.78, 5) is 27.1. The Morgan fingerprint density at radius 3 is 2.53 bits per heavy atom. The minimum Gasteiger partial charge on any atom is -0.383 e. The molecule has 1 heterocycles. The number of likely N-dealkylation sites (tertiary alicyclic amines) is 1. The van der Waals surface area contributed by atoms with Gasteiger partial charge in [0.15, 0.2) is 0 Å². The van der Waals surface area contributed by atoms with E-state index in [0.717, 1.165) is 18.2 Å². The van der Waals surface area contributed by atoms with E-state index in [-0.39, 0.29) is 43.5 Å². The Labute approximate surface area is 172 Å². The average molecular weight is 420 g/mol. The van der Waals surface area contributed by atoms with Crippen molar-refractivity contribution in [2.24, 2.45) is 5.92 Å². The summed E-state index contributed by atoms with van der Waals surface area (Å²) in [5.74, 6) is -2.77. The van der Waals surface area contributed by atoms with Gasteiger partial charge >= 0.3 is 0 Å². The number of hydrogen-bond acceptors (Lipinski definition) is 3. The first kappa shape index (κ1) is 21.8. The molecule has 2 unspecified atom stereocenters. The van der Waals surface area contributed by atoms with Gasteiger partial charge in [0.2, 0.25) is 11.8 Å². The molecular formula is C22H23F3N2O3. The highest BCUT2D eigenvalue weighted by atomic mass is 19.1. The molecule has 1 N–H and O–H groups in total. The maximum atomic E-state index is 13.9. The Morgan fingerprint density at radius 2 is 1.83 bits per heavy atom. The third kappa shape index (κ3) is 4.99. The van der Waals surface area contributed by atoms with Gasteiger partial charge in [0.05, 0.1) is 18.6 Å². The summed E-state index contributed by atoms with van der Waals surface area (Å²) in [5.41, 5.74) is 0.655. The summed E-state index contributed by atoms with van der Waals surface area (Å²) < 4.78 is 45.8. The maximum absolute atomic E-state index is 13.9. The molecule has 0 bridgehead atoms. The molecule has 0 spiro atoms. The lowest BCUT2D eigenvalue weighted by Gasteiger charge is -2.40. The second-order valence-corrected chi connectivity index (χ2v) is 7.18.